The van der Waals surface area contributed by atoms with E-state index in [9.17, 15) is 9.59 Å². The van der Waals surface area contributed by atoms with Crippen LogP contribution in [0.25, 0.3) is 11.1 Å². The van der Waals surface area contributed by atoms with Crippen molar-refractivity contribution < 1.29 is 23.8 Å². The van der Waals surface area contributed by atoms with Crippen molar-refractivity contribution in [2.24, 2.45) is 0 Å². The van der Waals surface area contributed by atoms with E-state index < -0.39 is 29.8 Å². The summed E-state index contributed by atoms with van der Waals surface area (Å²) in [6.07, 6.45) is -0.383. The largest absolute Gasteiger partial charge is 0.467 e. The molecule has 6 heteroatoms. The van der Waals surface area contributed by atoms with Gasteiger partial charge in [-0.1, -0.05) is 48.5 Å². The van der Waals surface area contributed by atoms with Crippen LogP contribution in [0.15, 0.2) is 48.5 Å². The average molecular weight is 424 g/mol. The van der Waals surface area contributed by atoms with Crippen LogP contribution < -0.4 is 0 Å². The van der Waals surface area contributed by atoms with Crippen LogP contribution in [0, 0.1) is 0 Å². The quantitative estimate of drug-likeness (QED) is 0.684. The second-order valence-electron chi connectivity index (χ2n) is 9.02. The van der Waals surface area contributed by atoms with E-state index in [1.165, 1.54) is 23.1 Å². The molecule has 2 atom stereocenters. The van der Waals surface area contributed by atoms with Crippen LogP contribution in [0.4, 0.5) is 4.79 Å². The number of ether oxygens (including phenoxy) is 3. The standard InChI is InChI=1S/C25H29NO5/c1-25(2,3)31-21-13-14-26(22(21)23(27)29-4)24(28)30-15-20-18-11-7-5-9-16(18)17-10-6-8-12-19(17)20/h5-12,20-22H,13-15H2,1-4H3/t21-,22+/m1/s1. The average Bonchev–Trinajstić information content (AvgIpc) is 3.29. The van der Waals surface area contributed by atoms with Gasteiger partial charge in [-0.2, -0.15) is 0 Å². The van der Waals surface area contributed by atoms with E-state index in [0.29, 0.717) is 13.0 Å². The molecule has 0 saturated carbocycles. The first-order valence-electron chi connectivity index (χ1n) is 10.7. The molecule has 1 heterocycles. The summed E-state index contributed by atoms with van der Waals surface area (Å²) < 4.78 is 16.7. The zero-order valence-electron chi connectivity index (χ0n) is 18.5. The van der Waals surface area contributed by atoms with Gasteiger partial charge >= 0.3 is 12.1 Å². The summed E-state index contributed by atoms with van der Waals surface area (Å²) in [5, 5.41) is 0. The maximum Gasteiger partial charge on any atom is 0.410 e. The van der Waals surface area contributed by atoms with E-state index in [1.807, 2.05) is 45.0 Å². The lowest BCUT2D eigenvalue weighted by molar-refractivity contribution is -0.153. The van der Waals surface area contributed by atoms with Crippen molar-refractivity contribution in [1.82, 2.24) is 4.90 Å². The van der Waals surface area contributed by atoms with E-state index in [2.05, 4.69) is 24.3 Å². The summed E-state index contributed by atoms with van der Waals surface area (Å²) in [5.41, 5.74) is 4.21. The number of amides is 1. The van der Waals surface area contributed by atoms with Gasteiger partial charge in [-0.3, -0.25) is 4.90 Å². The van der Waals surface area contributed by atoms with Crippen LogP contribution in [0.2, 0.25) is 0 Å². The zero-order chi connectivity index (χ0) is 22.2. The number of likely N-dealkylation sites (tertiary alicyclic amines) is 1. The van der Waals surface area contributed by atoms with Gasteiger partial charge in [-0.15, -0.1) is 0 Å². The number of hydrogen-bond donors (Lipinski definition) is 0. The summed E-state index contributed by atoms with van der Waals surface area (Å²) in [6, 6.07) is 15.6. The minimum Gasteiger partial charge on any atom is -0.467 e. The normalized spacial score (nSPS) is 20.3. The number of carbonyl (C=O) groups is 2. The molecule has 2 aliphatic rings. The molecule has 0 spiro atoms. The third-order valence-corrected chi connectivity index (χ3v) is 5.86. The van der Waals surface area contributed by atoms with Gasteiger partial charge in [-0.05, 0) is 49.4 Å². The molecule has 1 aliphatic heterocycles. The van der Waals surface area contributed by atoms with E-state index in [0.717, 1.165) is 11.1 Å². The first-order chi connectivity index (χ1) is 14.8. The van der Waals surface area contributed by atoms with Crippen LogP contribution in [0.3, 0.4) is 0 Å². The number of fused-ring (bicyclic) bond motifs is 3. The second-order valence-corrected chi connectivity index (χ2v) is 9.02. The monoisotopic (exact) mass is 423 g/mol. The molecule has 1 saturated heterocycles. The highest BCUT2D eigenvalue weighted by atomic mass is 16.6. The lowest BCUT2D eigenvalue weighted by Crippen LogP contribution is -2.48. The molecule has 0 aromatic heterocycles. The van der Waals surface area contributed by atoms with Gasteiger partial charge < -0.3 is 14.2 Å². The predicted molar refractivity (Wildman–Crippen MR) is 117 cm³/mol. The van der Waals surface area contributed by atoms with E-state index in [1.54, 1.807) is 0 Å². The summed E-state index contributed by atoms with van der Waals surface area (Å²) in [5.74, 6) is -0.516. The van der Waals surface area contributed by atoms with Crippen molar-refractivity contribution >= 4 is 12.1 Å². The van der Waals surface area contributed by atoms with Crippen LogP contribution in [-0.2, 0) is 19.0 Å². The molecule has 6 nitrogen and oxygen atoms in total. The second kappa shape index (κ2) is 8.35. The molecular weight excluding hydrogens is 394 g/mol. The maximum absolute atomic E-state index is 13.0. The molecule has 0 unspecified atom stereocenters. The number of esters is 1. The number of carbonyl (C=O) groups excluding carboxylic acids is 2. The molecule has 2 aromatic carbocycles. The lowest BCUT2D eigenvalue weighted by Gasteiger charge is -2.30. The molecule has 2 aromatic rings. The van der Waals surface area contributed by atoms with Gasteiger partial charge in [0.1, 0.15) is 6.61 Å². The molecule has 1 amide bonds. The Bertz CT molecular complexity index is 934. The van der Waals surface area contributed by atoms with Crippen LogP contribution >= 0.6 is 0 Å². The molecule has 31 heavy (non-hydrogen) atoms. The van der Waals surface area contributed by atoms with E-state index in [4.69, 9.17) is 14.2 Å². The fourth-order valence-electron chi connectivity index (χ4n) is 4.62. The number of rotatable bonds is 4. The van der Waals surface area contributed by atoms with Gasteiger partial charge in [0.05, 0.1) is 18.8 Å². The summed E-state index contributed by atoms with van der Waals surface area (Å²) in [7, 11) is 1.32. The van der Waals surface area contributed by atoms with Crippen LogP contribution in [0.1, 0.15) is 44.2 Å². The SMILES string of the molecule is COC(=O)[C@@H]1[C@H](OC(C)(C)C)CCN1C(=O)OCC1c2ccccc2-c2ccccc21. The molecule has 1 aliphatic carbocycles. The maximum atomic E-state index is 13.0. The summed E-state index contributed by atoms with van der Waals surface area (Å²) >= 11 is 0. The van der Waals surface area contributed by atoms with Gasteiger partial charge in [-0.25, -0.2) is 9.59 Å². The Hall–Kier alpha value is -2.86. The van der Waals surface area contributed by atoms with Crippen LogP contribution in [0.5, 0.6) is 0 Å². The Morgan fingerprint density at radius 1 is 1.00 bits per heavy atom. The number of nitrogens with zero attached hydrogens (tertiary/aromatic N) is 1. The summed E-state index contributed by atoms with van der Waals surface area (Å²) in [6.45, 7) is 6.38. The van der Waals surface area contributed by atoms with Gasteiger partial charge in [0, 0.05) is 12.5 Å². The highest BCUT2D eigenvalue weighted by Gasteiger charge is 2.46. The van der Waals surface area contributed by atoms with E-state index >= 15 is 0 Å². The topological polar surface area (TPSA) is 65.1 Å². The fraction of sp³-hybridized carbons (Fsp3) is 0.440. The van der Waals surface area contributed by atoms with Gasteiger partial charge in [0.2, 0.25) is 0 Å². The molecule has 4 rings (SSSR count). The first kappa shape index (κ1) is 21.4. The van der Waals surface area contributed by atoms with E-state index in [-0.39, 0.29) is 12.5 Å². The minimum absolute atomic E-state index is 0.0304. The molecule has 0 N–H and O–H groups in total. The number of benzene rings is 2. The highest BCUT2D eigenvalue weighted by Crippen LogP contribution is 2.44. The van der Waals surface area contributed by atoms with Crippen molar-refractivity contribution in [3.05, 3.63) is 59.7 Å². The molecule has 1 fully saturated rings. The number of methoxy groups -OCH3 is 1. The van der Waals surface area contributed by atoms with Crippen molar-refractivity contribution in [1.29, 1.82) is 0 Å². The lowest BCUT2D eigenvalue weighted by atomic mass is 9.98. The minimum atomic E-state index is -0.806. The van der Waals surface area contributed by atoms with Gasteiger partial charge in [0.25, 0.3) is 0 Å². The van der Waals surface area contributed by atoms with Crippen molar-refractivity contribution in [2.45, 2.75) is 50.9 Å². The van der Waals surface area contributed by atoms with Crippen molar-refractivity contribution in [3.63, 3.8) is 0 Å². The molecular formula is C25H29NO5. The Labute approximate surface area is 183 Å². The highest BCUT2D eigenvalue weighted by molar-refractivity contribution is 5.83. The molecule has 0 bridgehead atoms. The Balaban J connectivity index is 1.50. The van der Waals surface area contributed by atoms with Crippen molar-refractivity contribution in [2.75, 3.05) is 20.3 Å². The number of hydrogen-bond acceptors (Lipinski definition) is 5. The Morgan fingerprint density at radius 2 is 1.58 bits per heavy atom. The molecule has 164 valence electrons. The Morgan fingerprint density at radius 3 is 2.13 bits per heavy atom. The molecule has 0 radical (unpaired) electrons. The zero-order valence-corrected chi connectivity index (χ0v) is 18.5. The predicted octanol–water partition coefficient (Wildman–Crippen LogP) is 4.37. The van der Waals surface area contributed by atoms with Crippen molar-refractivity contribution in [3.8, 4) is 11.1 Å². The smallest absolute Gasteiger partial charge is 0.410 e. The Kier molecular flexibility index (Phi) is 5.75. The fourth-order valence-corrected chi connectivity index (χ4v) is 4.62. The third kappa shape index (κ3) is 4.17. The van der Waals surface area contributed by atoms with Gasteiger partial charge in [0.15, 0.2) is 6.04 Å². The van der Waals surface area contributed by atoms with Crippen LogP contribution in [-0.4, -0.2) is 55.0 Å². The third-order valence-electron chi connectivity index (χ3n) is 5.86. The first-order valence-corrected chi connectivity index (χ1v) is 10.7. The summed E-state index contributed by atoms with van der Waals surface area (Å²) in [4.78, 5) is 26.9.